The normalized spacial score (nSPS) is 11.2. The van der Waals surface area contributed by atoms with E-state index in [1.165, 1.54) is 33.1 Å². The van der Waals surface area contributed by atoms with Gasteiger partial charge in [0.25, 0.3) is 0 Å². The van der Waals surface area contributed by atoms with Crippen LogP contribution < -0.4 is 0 Å². The minimum atomic E-state index is 0.987. The highest BCUT2D eigenvalue weighted by Gasteiger charge is 2.07. The third-order valence-corrected chi connectivity index (χ3v) is 3.97. The fourth-order valence-corrected chi connectivity index (χ4v) is 2.94. The van der Waals surface area contributed by atoms with E-state index in [-0.39, 0.29) is 0 Å². The molecule has 0 spiro atoms. The average Bonchev–Trinajstić information content (AvgIpc) is 2.98. The van der Waals surface area contributed by atoms with Gasteiger partial charge in [-0.15, -0.1) is 5.10 Å². The third-order valence-electron chi connectivity index (χ3n) is 3.32. The first-order chi connectivity index (χ1) is 9.42. The number of rotatable bonds is 1. The van der Waals surface area contributed by atoms with Gasteiger partial charge in [-0.05, 0) is 45.2 Å². The Morgan fingerprint density at radius 1 is 0.842 bits per heavy atom. The van der Waals surface area contributed by atoms with E-state index in [9.17, 15) is 0 Å². The van der Waals surface area contributed by atoms with E-state index in [0.717, 1.165) is 10.4 Å². The molecule has 2 nitrogen and oxygen atoms in total. The second-order valence-corrected chi connectivity index (χ2v) is 5.19. The lowest BCUT2D eigenvalue weighted by Crippen LogP contribution is -1.80. The third kappa shape index (κ3) is 1.71. The lowest BCUT2D eigenvalue weighted by molar-refractivity contribution is 1.15. The minimum Gasteiger partial charge on any atom is -0.136 e. The monoisotopic (exact) mass is 261 g/mol. The number of hydrogen-bond donors (Lipinski definition) is 0. The van der Waals surface area contributed by atoms with Crippen molar-refractivity contribution >= 4 is 33.1 Å². The summed E-state index contributed by atoms with van der Waals surface area (Å²) in [4.78, 5) is 0.987. The van der Waals surface area contributed by atoms with Crippen LogP contribution in [0.15, 0.2) is 54.6 Å². The highest BCUT2D eigenvalue weighted by molar-refractivity contribution is 7.09. The topological polar surface area (TPSA) is 25.8 Å². The zero-order valence-corrected chi connectivity index (χ0v) is 10.8. The molecule has 4 rings (SSSR count). The molecule has 0 amide bonds. The van der Waals surface area contributed by atoms with Gasteiger partial charge in [0.1, 0.15) is 6.20 Å². The van der Waals surface area contributed by atoms with Crippen LogP contribution in [-0.4, -0.2) is 9.59 Å². The Balaban J connectivity index is 2.12. The molecule has 0 N–H and O–H groups in total. The van der Waals surface area contributed by atoms with Crippen LogP contribution in [0.5, 0.6) is 0 Å². The van der Waals surface area contributed by atoms with Crippen LogP contribution in [0.25, 0.3) is 32.0 Å². The fraction of sp³-hybridized carbons (Fsp3) is 0. The quantitative estimate of drug-likeness (QED) is 0.477. The Labute approximate surface area is 114 Å². The number of benzene rings is 3. The molecule has 1 radical (unpaired) electrons. The predicted octanol–water partition coefficient (Wildman–Crippen LogP) is 4.31. The molecule has 0 aliphatic heterocycles. The van der Waals surface area contributed by atoms with Gasteiger partial charge < -0.3 is 0 Å². The zero-order chi connectivity index (χ0) is 12.7. The molecule has 3 aromatic carbocycles. The van der Waals surface area contributed by atoms with Crippen molar-refractivity contribution in [3.8, 4) is 10.4 Å². The molecule has 19 heavy (non-hydrogen) atoms. The molecule has 0 atom stereocenters. The Morgan fingerprint density at radius 2 is 1.63 bits per heavy atom. The van der Waals surface area contributed by atoms with Gasteiger partial charge in [-0.25, -0.2) is 0 Å². The van der Waals surface area contributed by atoms with Gasteiger partial charge in [0.05, 0.1) is 4.88 Å². The smallest absolute Gasteiger partial charge is 0.135 e. The van der Waals surface area contributed by atoms with Crippen LogP contribution in [0.3, 0.4) is 0 Å². The Hall–Kier alpha value is -2.26. The molecule has 0 unspecified atom stereocenters. The van der Waals surface area contributed by atoms with Crippen LogP contribution in [0, 0.1) is 6.20 Å². The van der Waals surface area contributed by atoms with Crippen molar-refractivity contribution in [3.63, 3.8) is 0 Å². The van der Waals surface area contributed by atoms with Gasteiger partial charge in [0.15, 0.2) is 0 Å². The Kier molecular flexibility index (Phi) is 2.32. The van der Waals surface area contributed by atoms with Gasteiger partial charge in [0, 0.05) is 5.56 Å². The summed E-state index contributed by atoms with van der Waals surface area (Å²) in [5.41, 5.74) is 1.15. The van der Waals surface area contributed by atoms with Crippen LogP contribution in [0.2, 0.25) is 0 Å². The summed E-state index contributed by atoms with van der Waals surface area (Å²) in [5, 5.41) is 8.78. The summed E-state index contributed by atoms with van der Waals surface area (Å²) >= 11 is 1.38. The first-order valence-corrected chi connectivity index (χ1v) is 6.81. The van der Waals surface area contributed by atoms with Gasteiger partial charge >= 0.3 is 0 Å². The summed E-state index contributed by atoms with van der Waals surface area (Å²) in [6.07, 6.45) is 2.95. The van der Waals surface area contributed by atoms with Crippen molar-refractivity contribution in [1.29, 1.82) is 0 Å². The van der Waals surface area contributed by atoms with E-state index >= 15 is 0 Å². The van der Waals surface area contributed by atoms with Gasteiger partial charge in [-0.2, -0.15) is 0 Å². The van der Waals surface area contributed by atoms with Crippen LogP contribution in [0.4, 0.5) is 0 Å². The second-order valence-electron chi connectivity index (χ2n) is 4.44. The predicted molar refractivity (Wildman–Crippen MR) is 79.2 cm³/mol. The van der Waals surface area contributed by atoms with Crippen molar-refractivity contribution in [2.24, 2.45) is 0 Å². The molecule has 1 aromatic heterocycles. The van der Waals surface area contributed by atoms with E-state index in [1.807, 2.05) is 0 Å². The molecule has 0 bridgehead atoms. The van der Waals surface area contributed by atoms with E-state index < -0.39 is 0 Å². The Morgan fingerprint density at radius 3 is 2.42 bits per heavy atom. The van der Waals surface area contributed by atoms with E-state index in [0.29, 0.717) is 0 Å². The molecule has 4 aromatic rings. The lowest BCUT2D eigenvalue weighted by atomic mass is 9.99. The molecule has 1 heterocycles. The number of aromatic nitrogens is 2. The maximum atomic E-state index is 3.90. The maximum absolute atomic E-state index is 3.90. The van der Waals surface area contributed by atoms with Crippen molar-refractivity contribution in [2.75, 3.05) is 0 Å². The zero-order valence-electron chi connectivity index (χ0n) is 10.00. The highest BCUT2D eigenvalue weighted by Crippen LogP contribution is 2.32. The van der Waals surface area contributed by atoms with Gasteiger partial charge in [0.2, 0.25) is 0 Å². The summed E-state index contributed by atoms with van der Waals surface area (Å²) < 4.78 is 3.90. The molecule has 89 valence electrons. The minimum absolute atomic E-state index is 0.987. The van der Waals surface area contributed by atoms with Crippen LogP contribution in [-0.2, 0) is 0 Å². The lowest BCUT2D eigenvalue weighted by Gasteiger charge is -2.06. The van der Waals surface area contributed by atoms with E-state index in [2.05, 4.69) is 70.4 Å². The summed E-state index contributed by atoms with van der Waals surface area (Å²) in [5.74, 6) is 0. The molecular weight excluding hydrogens is 252 g/mol. The van der Waals surface area contributed by atoms with Gasteiger partial charge in [-0.3, -0.25) is 0 Å². The number of nitrogens with zero attached hydrogens (tertiary/aromatic N) is 2. The van der Waals surface area contributed by atoms with Crippen molar-refractivity contribution in [2.45, 2.75) is 0 Å². The average molecular weight is 261 g/mol. The highest BCUT2D eigenvalue weighted by atomic mass is 32.1. The van der Waals surface area contributed by atoms with Gasteiger partial charge in [-0.1, -0.05) is 47.0 Å². The molecule has 0 fully saturated rings. The van der Waals surface area contributed by atoms with E-state index in [1.54, 1.807) is 0 Å². The largest absolute Gasteiger partial charge is 0.136 e. The van der Waals surface area contributed by atoms with Crippen LogP contribution in [0.1, 0.15) is 0 Å². The van der Waals surface area contributed by atoms with E-state index in [4.69, 9.17) is 0 Å². The number of fused-ring (bicyclic) bond motifs is 2. The van der Waals surface area contributed by atoms with Crippen molar-refractivity contribution in [3.05, 3.63) is 60.8 Å². The molecule has 3 heteroatoms. The molecule has 0 aliphatic rings. The molecule has 0 aliphatic carbocycles. The first-order valence-electron chi connectivity index (χ1n) is 6.04. The summed E-state index contributed by atoms with van der Waals surface area (Å²) in [6, 6.07) is 19.2. The van der Waals surface area contributed by atoms with Crippen molar-refractivity contribution < 1.29 is 0 Å². The molecular formula is C16H9N2S. The standard InChI is InChI=1S/C16H9N2S/c1-2-5-12-9-15-13(8-11(12)4-1)6-3-7-14(15)16-10-17-18-19-16/h1-9H. The molecule has 0 saturated heterocycles. The SMILES string of the molecule is [c]1nnsc1-c1cccc2cc3ccccc3cc12. The summed E-state index contributed by atoms with van der Waals surface area (Å²) in [6.45, 7) is 0. The first kappa shape index (κ1) is 10.6. The summed E-state index contributed by atoms with van der Waals surface area (Å²) in [7, 11) is 0. The Bertz CT molecular complexity index is 866. The maximum Gasteiger partial charge on any atom is 0.135 e. The fourth-order valence-electron chi connectivity index (χ4n) is 2.42. The number of hydrogen-bond acceptors (Lipinski definition) is 3. The van der Waals surface area contributed by atoms with Crippen molar-refractivity contribution in [1.82, 2.24) is 9.59 Å². The van der Waals surface area contributed by atoms with Crippen LogP contribution >= 0.6 is 11.5 Å². The molecule has 0 saturated carbocycles. The second kappa shape index (κ2) is 4.14.